The van der Waals surface area contributed by atoms with E-state index < -0.39 is 10.0 Å². The molecule has 2 heterocycles. The van der Waals surface area contributed by atoms with Gasteiger partial charge < -0.3 is 5.32 Å². The summed E-state index contributed by atoms with van der Waals surface area (Å²) in [6.07, 6.45) is 0. The number of nitrogens with one attached hydrogen (secondary N) is 2. The third kappa shape index (κ3) is 2.52. The van der Waals surface area contributed by atoms with Crippen molar-refractivity contribution in [3.05, 3.63) is 53.2 Å². The number of anilines is 1. The van der Waals surface area contributed by atoms with E-state index in [0.717, 1.165) is 23.4 Å². The van der Waals surface area contributed by atoms with E-state index in [1.54, 1.807) is 24.3 Å². The maximum absolute atomic E-state index is 12.3. The van der Waals surface area contributed by atoms with Crippen LogP contribution < -0.4 is 10.0 Å². The predicted molar refractivity (Wildman–Crippen MR) is 76.8 cm³/mol. The summed E-state index contributed by atoms with van der Waals surface area (Å²) >= 11 is 0. The monoisotopic (exact) mass is 289 g/mol. The van der Waals surface area contributed by atoms with E-state index >= 15 is 0 Å². The molecule has 2 N–H and O–H groups in total. The van der Waals surface area contributed by atoms with Crippen LogP contribution in [0, 0.1) is 6.92 Å². The van der Waals surface area contributed by atoms with Crippen molar-refractivity contribution in [2.75, 3.05) is 4.72 Å². The van der Waals surface area contributed by atoms with Crippen molar-refractivity contribution in [1.29, 1.82) is 0 Å². The molecule has 0 aliphatic carbocycles. The van der Waals surface area contributed by atoms with Gasteiger partial charge in [-0.25, -0.2) is 13.4 Å². The average Bonchev–Trinajstić information content (AvgIpc) is 2.85. The average molecular weight is 289 g/mol. The summed E-state index contributed by atoms with van der Waals surface area (Å²) in [5.74, 6) is 0.337. The standard InChI is InChI=1S/C14H15N3O2S/c1-10-3-2-4-14(16-10)17-20(18,19)13-6-5-11-8-15-9-12(11)7-13/h2-7,15H,8-9H2,1H3,(H,16,17). The number of benzene rings is 1. The number of fused-ring (bicyclic) bond motifs is 1. The Morgan fingerprint density at radius 2 is 1.95 bits per heavy atom. The van der Waals surface area contributed by atoms with Gasteiger partial charge in [-0.05, 0) is 42.3 Å². The number of hydrogen-bond acceptors (Lipinski definition) is 4. The molecule has 0 amide bonds. The molecule has 1 aromatic carbocycles. The SMILES string of the molecule is Cc1cccc(NS(=O)(=O)c2ccc3c(c2)CNC3)n1. The molecule has 20 heavy (non-hydrogen) atoms. The minimum Gasteiger partial charge on any atom is -0.309 e. The molecule has 0 bridgehead atoms. The number of nitrogens with zero attached hydrogens (tertiary/aromatic N) is 1. The zero-order valence-electron chi connectivity index (χ0n) is 11.1. The maximum Gasteiger partial charge on any atom is 0.263 e. The molecule has 6 heteroatoms. The predicted octanol–water partition coefficient (Wildman–Crippen LogP) is 1.79. The topological polar surface area (TPSA) is 71.1 Å². The molecule has 0 fully saturated rings. The van der Waals surface area contributed by atoms with Crippen LogP contribution in [0.3, 0.4) is 0 Å². The van der Waals surface area contributed by atoms with Gasteiger partial charge in [0.15, 0.2) is 0 Å². The number of pyridine rings is 1. The second-order valence-electron chi connectivity index (χ2n) is 4.80. The molecule has 0 unspecified atom stereocenters. The van der Waals surface area contributed by atoms with E-state index in [0.29, 0.717) is 12.4 Å². The van der Waals surface area contributed by atoms with E-state index in [4.69, 9.17) is 0 Å². The van der Waals surface area contributed by atoms with Crippen molar-refractivity contribution >= 4 is 15.8 Å². The van der Waals surface area contributed by atoms with Gasteiger partial charge >= 0.3 is 0 Å². The summed E-state index contributed by atoms with van der Waals surface area (Å²) in [7, 11) is -3.59. The molecule has 104 valence electrons. The quantitative estimate of drug-likeness (QED) is 0.904. The Kier molecular flexibility index (Phi) is 3.19. The highest BCUT2D eigenvalue weighted by Gasteiger charge is 2.18. The number of rotatable bonds is 3. The Labute approximate surface area is 118 Å². The largest absolute Gasteiger partial charge is 0.309 e. The van der Waals surface area contributed by atoms with Gasteiger partial charge in [0, 0.05) is 18.8 Å². The maximum atomic E-state index is 12.3. The summed E-state index contributed by atoms with van der Waals surface area (Å²) < 4.78 is 27.2. The van der Waals surface area contributed by atoms with Gasteiger partial charge in [0.05, 0.1) is 4.90 Å². The molecule has 0 saturated carbocycles. The Hall–Kier alpha value is -1.92. The summed E-state index contributed by atoms with van der Waals surface area (Å²) in [4.78, 5) is 4.42. The normalized spacial score (nSPS) is 14.1. The van der Waals surface area contributed by atoms with Crippen LogP contribution in [0.25, 0.3) is 0 Å². The molecule has 3 rings (SSSR count). The van der Waals surface area contributed by atoms with Crippen LogP contribution in [0.2, 0.25) is 0 Å². The minimum absolute atomic E-state index is 0.267. The zero-order valence-corrected chi connectivity index (χ0v) is 11.9. The summed E-state index contributed by atoms with van der Waals surface area (Å²) in [5, 5.41) is 3.20. The lowest BCUT2D eigenvalue weighted by Crippen LogP contribution is -2.14. The van der Waals surface area contributed by atoms with Crippen LogP contribution in [-0.4, -0.2) is 13.4 Å². The highest BCUT2D eigenvalue weighted by Crippen LogP contribution is 2.21. The van der Waals surface area contributed by atoms with E-state index in [1.165, 1.54) is 0 Å². The van der Waals surface area contributed by atoms with Crippen molar-refractivity contribution in [2.24, 2.45) is 0 Å². The summed E-state index contributed by atoms with van der Waals surface area (Å²) in [6, 6.07) is 10.4. The highest BCUT2D eigenvalue weighted by atomic mass is 32.2. The molecule has 1 aliphatic rings. The first-order valence-corrected chi connectivity index (χ1v) is 7.82. The minimum atomic E-state index is -3.59. The fraction of sp³-hybridized carbons (Fsp3) is 0.214. The molecule has 0 radical (unpaired) electrons. The Morgan fingerprint density at radius 1 is 1.15 bits per heavy atom. The highest BCUT2D eigenvalue weighted by molar-refractivity contribution is 7.92. The van der Waals surface area contributed by atoms with Crippen LogP contribution in [0.15, 0.2) is 41.3 Å². The molecular formula is C14H15N3O2S. The molecule has 0 spiro atoms. The Bertz CT molecular complexity index is 757. The van der Waals surface area contributed by atoms with Crippen molar-refractivity contribution in [2.45, 2.75) is 24.9 Å². The molecule has 1 aromatic heterocycles. The van der Waals surface area contributed by atoms with Gasteiger partial charge in [-0.15, -0.1) is 0 Å². The third-order valence-electron chi connectivity index (χ3n) is 3.25. The third-order valence-corrected chi connectivity index (χ3v) is 4.60. The fourth-order valence-corrected chi connectivity index (χ4v) is 3.29. The number of aromatic nitrogens is 1. The van der Waals surface area contributed by atoms with Gasteiger partial charge in [0.1, 0.15) is 5.82 Å². The first-order valence-electron chi connectivity index (χ1n) is 6.34. The van der Waals surface area contributed by atoms with Crippen molar-refractivity contribution in [3.63, 3.8) is 0 Å². The van der Waals surface area contributed by atoms with Crippen LogP contribution in [0.5, 0.6) is 0 Å². The molecule has 1 aliphatic heterocycles. The smallest absolute Gasteiger partial charge is 0.263 e. The second kappa shape index (κ2) is 4.88. The Morgan fingerprint density at radius 3 is 2.75 bits per heavy atom. The van der Waals surface area contributed by atoms with Crippen molar-refractivity contribution in [1.82, 2.24) is 10.3 Å². The van der Waals surface area contributed by atoms with Crippen LogP contribution >= 0.6 is 0 Å². The second-order valence-corrected chi connectivity index (χ2v) is 6.49. The molecule has 0 saturated heterocycles. The summed E-state index contributed by atoms with van der Waals surface area (Å²) in [5.41, 5.74) is 2.95. The van der Waals surface area contributed by atoms with Gasteiger partial charge in [0.2, 0.25) is 0 Å². The van der Waals surface area contributed by atoms with Crippen molar-refractivity contribution in [3.8, 4) is 0 Å². The fourth-order valence-electron chi connectivity index (χ4n) is 2.23. The van der Waals surface area contributed by atoms with E-state index in [9.17, 15) is 8.42 Å². The van der Waals surface area contributed by atoms with Gasteiger partial charge in [-0.3, -0.25) is 4.72 Å². The van der Waals surface area contributed by atoms with E-state index in [2.05, 4.69) is 15.0 Å². The van der Waals surface area contributed by atoms with Gasteiger partial charge in [-0.2, -0.15) is 0 Å². The molecule has 2 aromatic rings. The zero-order chi connectivity index (χ0) is 14.2. The molecule has 0 atom stereocenters. The number of aryl methyl sites for hydroxylation is 1. The lowest BCUT2D eigenvalue weighted by molar-refractivity contribution is 0.601. The van der Waals surface area contributed by atoms with Crippen LogP contribution in [0.1, 0.15) is 16.8 Å². The molecule has 5 nitrogen and oxygen atoms in total. The van der Waals surface area contributed by atoms with Gasteiger partial charge in [-0.1, -0.05) is 12.1 Å². The first kappa shape index (κ1) is 13.1. The van der Waals surface area contributed by atoms with E-state index in [1.807, 2.05) is 19.1 Å². The summed E-state index contributed by atoms with van der Waals surface area (Å²) in [6.45, 7) is 3.32. The van der Waals surface area contributed by atoms with E-state index in [-0.39, 0.29) is 4.90 Å². The molecular weight excluding hydrogens is 274 g/mol. The van der Waals surface area contributed by atoms with Gasteiger partial charge in [0.25, 0.3) is 10.0 Å². The van der Waals surface area contributed by atoms with Crippen molar-refractivity contribution < 1.29 is 8.42 Å². The Balaban J connectivity index is 1.92. The lowest BCUT2D eigenvalue weighted by Gasteiger charge is -2.09. The number of hydrogen-bond donors (Lipinski definition) is 2. The number of sulfonamides is 1. The van der Waals surface area contributed by atoms with Crippen LogP contribution in [-0.2, 0) is 23.1 Å². The first-order chi connectivity index (χ1) is 9.54. The lowest BCUT2D eigenvalue weighted by atomic mass is 10.1. The van der Waals surface area contributed by atoms with Crippen LogP contribution in [0.4, 0.5) is 5.82 Å².